The number of carbonyl (C=O) groups excluding carboxylic acids is 1. The van der Waals surface area contributed by atoms with Gasteiger partial charge in [-0.15, -0.1) is 0 Å². The molecule has 116 valence electrons. The van der Waals surface area contributed by atoms with Crippen LogP contribution in [-0.4, -0.2) is 30.1 Å². The average Bonchev–Trinajstić information content (AvgIpc) is 2.53. The minimum atomic E-state index is -0.140. The van der Waals surface area contributed by atoms with Crippen LogP contribution in [0.1, 0.15) is 22.0 Å². The maximum Gasteiger partial charge on any atom is 0.168 e. The lowest BCUT2D eigenvalue weighted by Crippen LogP contribution is -2.33. The van der Waals surface area contributed by atoms with Crippen LogP contribution in [0.3, 0.4) is 0 Å². The third kappa shape index (κ3) is 4.06. The molecule has 0 bridgehead atoms. The molecule has 0 aliphatic heterocycles. The van der Waals surface area contributed by atoms with Crippen LogP contribution in [-0.2, 0) is 0 Å². The minimum Gasteiger partial charge on any atom is -0.302 e. The molecule has 0 spiro atoms. The number of carbonyl (C=O) groups is 1. The smallest absolute Gasteiger partial charge is 0.168 e. The first-order valence-corrected chi connectivity index (χ1v) is 9.03. The van der Waals surface area contributed by atoms with Crippen LogP contribution >= 0.6 is 31.9 Å². The van der Waals surface area contributed by atoms with Crippen molar-refractivity contribution in [2.75, 3.05) is 19.4 Å². The Labute approximate surface area is 148 Å². The third-order valence-corrected chi connectivity index (χ3v) is 4.94. The fourth-order valence-corrected chi connectivity index (χ4v) is 3.58. The molecule has 0 aliphatic carbocycles. The Morgan fingerprint density at radius 1 is 1.05 bits per heavy atom. The van der Waals surface area contributed by atoms with Crippen LogP contribution < -0.4 is 0 Å². The normalized spacial score (nSPS) is 13.9. The fourth-order valence-electron chi connectivity index (χ4n) is 2.67. The van der Waals surface area contributed by atoms with Gasteiger partial charge in [-0.25, -0.2) is 0 Å². The molecule has 2 rings (SSSR count). The second-order valence-corrected chi connectivity index (χ2v) is 7.01. The third-order valence-electron chi connectivity index (χ3n) is 3.71. The first kappa shape index (κ1) is 17.4. The van der Waals surface area contributed by atoms with Crippen molar-refractivity contribution < 1.29 is 4.79 Å². The van der Waals surface area contributed by atoms with E-state index < -0.39 is 0 Å². The zero-order valence-corrected chi connectivity index (χ0v) is 15.8. The highest BCUT2D eigenvalue weighted by molar-refractivity contribution is 9.10. The van der Waals surface area contributed by atoms with E-state index in [0.717, 1.165) is 15.6 Å². The van der Waals surface area contributed by atoms with E-state index in [1.807, 2.05) is 56.6 Å². The van der Waals surface area contributed by atoms with Crippen molar-refractivity contribution in [3.05, 3.63) is 70.2 Å². The van der Waals surface area contributed by atoms with Crippen molar-refractivity contribution in [1.29, 1.82) is 0 Å². The quantitative estimate of drug-likeness (QED) is 0.483. The Morgan fingerprint density at radius 2 is 1.64 bits per heavy atom. The van der Waals surface area contributed by atoms with E-state index in [2.05, 4.69) is 48.9 Å². The number of halogens is 2. The van der Waals surface area contributed by atoms with Crippen molar-refractivity contribution in [3.63, 3.8) is 0 Å². The summed E-state index contributed by atoms with van der Waals surface area (Å²) in [6, 6.07) is 17.8. The predicted molar refractivity (Wildman–Crippen MR) is 98.6 cm³/mol. The fraction of sp³-hybridized carbons (Fsp3) is 0.278. The van der Waals surface area contributed by atoms with E-state index in [4.69, 9.17) is 0 Å². The zero-order chi connectivity index (χ0) is 16.1. The van der Waals surface area contributed by atoms with Gasteiger partial charge in [0.25, 0.3) is 0 Å². The molecular formula is C18H19Br2NO. The molecule has 0 radical (unpaired) electrons. The van der Waals surface area contributed by atoms with Crippen molar-refractivity contribution in [2.24, 2.45) is 5.92 Å². The van der Waals surface area contributed by atoms with Gasteiger partial charge in [0.15, 0.2) is 5.78 Å². The molecule has 0 saturated carbocycles. The SMILES string of the molecule is CN(C)[C@H](c1ccccc1)[C@H](CBr)C(=O)c1ccc(Br)cc1. The topological polar surface area (TPSA) is 20.3 Å². The molecule has 22 heavy (non-hydrogen) atoms. The van der Waals surface area contributed by atoms with Crippen LogP contribution in [0, 0.1) is 5.92 Å². The highest BCUT2D eigenvalue weighted by Crippen LogP contribution is 2.31. The minimum absolute atomic E-state index is 0.0386. The number of alkyl halides is 1. The number of benzene rings is 2. The van der Waals surface area contributed by atoms with Gasteiger partial charge in [0.05, 0.1) is 5.92 Å². The van der Waals surface area contributed by atoms with Gasteiger partial charge < -0.3 is 4.90 Å². The summed E-state index contributed by atoms with van der Waals surface area (Å²) < 4.78 is 0.978. The van der Waals surface area contributed by atoms with E-state index >= 15 is 0 Å². The van der Waals surface area contributed by atoms with Gasteiger partial charge in [0, 0.05) is 21.4 Å². The van der Waals surface area contributed by atoms with Gasteiger partial charge in [-0.2, -0.15) is 0 Å². The highest BCUT2D eigenvalue weighted by atomic mass is 79.9. The van der Waals surface area contributed by atoms with Gasteiger partial charge in [0.1, 0.15) is 0 Å². The Morgan fingerprint density at radius 3 is 2.14 bits per heavy atom. The Bertz CT molecular complexity index is 611. The lowest BCUT2D eigenvalue weighted by Gasteiger charge is -2.31. The first-order chi connectivity index (χ1) is 10.5. The lowest BCUT2D eigenvalue weighted by atomic mass is 9.87. The highest BCUT2D eigenvalue weighted by Gasteiger charge is 2.30. The molecule has 0 aliphatic rings. The second kappa shape index (κ2) is 8.04. The maximum atomic E-state index is 12.9. The molecule has 4 heteroatoms. The molecular weight excluding hydrogens is 406 g/mol. The monoisotopic (exact) mass is 423 g/mol. The number of hydrogen-bond donors (Lipinski definition) is 0. The van der Waals surface area contributed by atoms with Crippen LogP contribution in [0.4, 0.5) is 0 Å². The van der Waals surface area contributed by atoms with Crippen molar-refractivity contribution in [2.45, 2.75) is 6.04 Å². The van der Waals surface area contributed by atoms with E-state index in [-0.39, 0.29) is 17.7 Å². The van der Waals surface area contributed by atoms with Crippen LogP contribution in [0.5, 0.6) is 0 Å². The summed E-state index contributed by atoms with van der Waals surface area (Å²) in [7, 11) is 4.03. The molecule has 0 amide bonds. The average molecular weight is 425 g/mol. The number of nitrogens with zero attached hydrogens (tertiary/aromatic N) is 1. The molecule has 0 saturated heterocycles. The van der Waals surface area contributed by atoms with Gasteiger partial charge in [-0.3, -0.25) is 4.79 Å². The lowest BCUT2D eigenvalue weighted by molar-refractivity contribution is 0.0857. The Kier molecular flexibility index (Phi) is 6.36. The summed E-state index contributed by atoms with van der Waals surface area (Å²) in [5.41, 5.74) is 1.90. The second-order valence-electron chi connectivity index (χ2n) is 5.45. The molecule has 2 aromatic carbocycles. The van der Waals surface area contributed by atoms with Crippen LogP contribution in [0.2, 0.25) is 0 Å². The van der Waals surface area contributed by atoms with Crippen molar-refractivity contribution >= 4 is 37.6 Å². The van der Waals surface area contributed by atoms with Gasteiger partial charge in [-0.05, 0) is 31.8 Å². The molecule has 2 nitrogen and oxygen atoms in total. The van der Waals surface area contributed by atoms with E-state index in [1.165, 1.54) is 0 Å². The summed E-state index contributed by atoms with van der Waals surface area (Å²) in [5, 5.41) is 0.625. The molecule has 2 atom stereocenters. The zero-order valence-electron chi connectivity index (χ0n) is 12.7. The summed E-state index contributed by atoms with van der Waals surface area (Å²) >= 11 is 6.95. The van der Waals surface area contributed by atoms with Crippen molar-refractivity contribution in [3.8, 4) is 0 Å². The molecule has 0 heterocycles. The summed E-state index contributed by atoms with van der Waals surface area (Å²) in [5.74, 6) is 0.0190. The standard InChI is InChI=1S/C18H19Br2NO/c1-21(2)17(13-6-4-3-5-7-13)16(12-19)18(22)14-8-10-15(20)11-9-14/h3-11,16-17H,12H2,1-2H3/t16-,17+/m0/s1. The summed E-state index contributed by atoms with van der Waals surface area (Å²) in [6.07, 6.45) is 0. The largest absolute Gasteiger partial charge is 0.302 e. The predicted octanol–water partition coefficient (Wildman–Crippen LogP) is 4.95. The number of Topliss-reactive ketones (excluding diaryl/α,β-unsaturated/α-hetero) is 1. The maximum absolute atomic E-state index is 12.9. The van der Waals surface area contributed by atoms with Gasteiger partial charge >= 0.3 is 0 Å². The van der Waals surface area contributed by atoms with E-state index in [9.17, 15) is 4.79 Å². The summed E-state index contributed by atoms with van der Waals surface area (Å²) in [6.45, 7) is 0. The molecule has 0 unspecified atom stereocenters. The Balaban J connectivity index is 2.35. The number of ketones is 1. The molecule has 0 aromatic heterocycles. The van der Waals surface area contributed by atoms with E-state index in [0.29, 0.717) is 5.33 Å². The summed E-state index contributed by atoms with van der Waals surface area (Å²) in [4.78, 5) is 15.0. The number of hydrogen-bond acceptors (Lipinski definition) is 2. The van der Waals surface area contributed by atoms with Crippen LogP contribution in [0.15, 0.2) is 59.1 Å². The molecule has 0 fully saturated rings. The Hall–Kier alpha value is -0.970. The van der Waals surface area contributed by atoms with Crippen molar-refractivity contribution in [1.82, 2.24) is 4.90 Å². The van der Waals surface area contributed by atoms with Crippen LogP contribution in [0.25, 0.3) is 0 Å². The molecule has 0 N–H and O–H groups in total. The van der Waals surface area contributed by atoms with Gasteiger partial charge in [-0.1, -0.05) is 74.3 Å². The first-order valence-electron chi connectivity index (χ1n) is 7.11. The van der Waals surface area contributed by atoms with Gasteiger partial charge in [0.2, 0.25) is 0 Å². The molecule has 2 aromatic rings. The van der Waals surface area contributed by atoms with E-state index in [1.54, 1.807) is 0 Å². The number of rotatable bonds is 6.